The summed E-state index contributed by atoms with van der Waals surface area (Å²) in [6.07, 6.45) is 0. The second-order valence-electron chi connectivity index (χ2n) is 3.21. The van der Waals surface area contributed by atoms with E-state index in [4.69, 9.17) is 5.73 Å². The van der Waals surface area contributed by atoms with Crippen LogP contribution in [0.5, 0.6) is 0 Å². The van der Waals surface area contributed by atoms with Crippen molar-refractivity contribution in [3.05, 3.63) is 51.4 Å². The molecule has 0 bridgehead atoms. The van der Waals surface area contributed by atoms with E-state index in [0.29, 0.717) is 0 Å². The van der Waals surface area contributed by atoms with E-state index < -0.39 is 0 Å². The number of halogens is 2. The van der Waals surface area contributed by atoms with Crippen LogP contribution in [0.4, 0.5) is 5.69 Å². The lowest BCUT2D eigenvalue weighted by atomic mass is 10.0. The summed E-state index contributed by atoms with van der Waals surface area (Å²) in [5.41, 5.74) is 8.91. The van der Waals surface area contributed by atoms with Gasteiger partial charge in [0.1, 0.15) is 0 Å². The lowest BCUT2D eigenvalue weighted by Gasteiger charge is -2.08. The van der Waals surface area contributed by atoms with E-state index in [1.54, 1.807) is 0 Å². The SMILES string of the molecule is Nc1cc(Br)ccc1-c1ccccc1Br.S. The number of nitrogens with two attached hydrogens (primary N) is 1. The van der Waals surface area contributed by atoms with Crippen molar-refractivity contribution in [1.29, 1.82) is 0 Å². The highest BCUT2D eigenvalue weighted by Crippen LogP contribution is 2.33. The highest BCUT2D eigenvalue weighted by Gasteiger charge is 2.05. The van der Waals surface area contributed by atoms with E-state index in [2.05, 4.69) is 31.9 Å². The fourth-order valence-electron chi connectivity index (χ4n) is 1.46. The van der Waals surface area contributed by atoms with Gasteiger partial charge in [0.15, 0.2) is 0 Å². The quantitative estimate of drug-likeness (QED) is 0.740. The van der Waals surface area contributed by atoms with Crippen LogP contribution in [0.1, 0.15) is 0 Å². The number of nitrogen functional groups attached to an aromatic ring is 1. The van der Waals surface area contributed by atoms with Gasteiger partial charge in [-0.2, -0.15) is 13.5 Å². The van der Waals surface area contributed by atoms with Gasteiger partial charge in [-0.05, 0) is 23.8 Å². The van der Waals surface area contributed by atoms with Gasteiger partial charge in [-0.25, -0.2) is 0 Å². The number of benzene rings is 2. The third-order valence-corrected chi connectivity index (χ3v) is 3.36. The van der Waals surface area contributed by atoms with Gasteiger partial charge in [0.05, 0.1) is 0 Å². The molecular weight excluding hydrogens is 350 g/mol. The Kier molecular flexibility index (Phi) is 4.89. The molecule has 1 nitrogen and oxygen atoms in total. The van der Waals surface area contributed by atoms with Crippen molar-refractivity contribution in [2.24, 2.45) is 0 Å². The topological polar surface area (TPSA) is 26.0 Å². The molecule has 0 aliphatic rings. The molecule has 0 atom stereocenters. The van der Waals surface area contributed by atoms with Crippen molar-refractivity contribution < 1.29 is 0 Å². The van der Waals surface area contributed by atoms with E-state index in [-0.39, 0.29) is 13.5 Å². The monoisotopic (exact) mass is 359 g/mol. The smallest absolute Gasteiger partial charge is 0.0405 e. The van der Waals surface area contributed by atoms with Gasteiger partial charge in [0, 0.05) is 20.2 Å². The largest absolute Gasteiger partial charge is 0.398 e. The van der Waals surface area contributed by atoms with Gasteiger partial charge in [-0.3, -0.25) is 0 Å². The lowest BCUT2D eigenvalue weighted by molar-refractivity contribution is 1.56. The summed E-state index contributed by atoms with van der Waals surface area (Å²) in [6.45, 7) is 0. The molecule has 4 heteroatoms. The highest BCUT2D eigenvalue weighted by molar-refractivity contribution is 9.10. The van der Waals surface area contributed by atoms with Gasteiger partial charge in [-0.15, -0.1) is 0 Å². The molecule has 2 N–H and O–H groups in total. The Labute approximate surface area is 119 Å². The molecule has 16 heavy (non-hydrogen) atoms. The lowest BCUT2D eigenvalue weighted by Crippen LogP contribution is -1.90. The Morgan fingerprint density at radius 1 is 0.875 bits per heavy atom. The maximum atomic E-state index is 5.97. The van der Waals surface area contributed by atoms with Crippen molar-refractivity contribution in [2.45, 2.75) is 0 Å². The van der Waals surface area contributed by atoms with Crippen LogP contribution in [0, 0.1) is 0 Å². The molecule has 0 saturated heterocycles. The first-order valence-corrected chi connectivity index (χ1v) is 6.07. The molecule has 2 aromatic carbocycles. The molecule has 2 aromatic rings. The molecule has 0 aliphatic heterocycles. The van der Waals surface area contributed by atoms with E-state index >= 15 is 0 Å². The van der Waals surface area contributed by atoms with Crippen LogP contribution in [0.2, 0.25) is 0 Å². The maximum Gasteiger partial charge on any atom is 0.0405 e. The molecule has 0 fully saturated rings. The average Bonchev–Trinajstić information content (AvgIpc) is 2.20. The minimum Gasteiger partial charge on any atom is -0.398 e. The van der Waals surface area contributed by atoms with Crippen molar-refractivity contribution in [2.75, 3.05) is 5.73 Å². The zero-order valence-corrected chi connectivity index (χ0v) is 12.5. The summed E-state index contributed by atoms with van der Waals surface area (Å²) in [4.78, 5) is 0. The van der Waals surface area contributed by atoms with Crippen LogP contribution >= 0.6 is 45.4 Å². The summed E-state index contributed by atoms with van der Waals surface area (Å²) >= 11 is 6.91. The maximum absolute atomic E-state index is 5.97. The van der Waals surface area contributed by atoms with E-state index in [9.17, 15) is 0 Å². The van der Waals surface area contributed by atoms with Gasteiger partial charge < -0.3 is 5.73 Å². The molecule has 2 rings (SSSR count). The minimum absolute atomic E-state index is 0. The van der Waals surface area contributed by atoms with Crippen LogP contribution in [0.15, 0.2) is 51.4 Å². The first-order chi connectivity index (χ1) is 7.18. The summed E-state index contributed by atoms with van der Waals surface area (Å²) in [6, 6.07) is 14.0. The predicted molar refractivity (Wildman–Crippen MR) is 82.1 cm³/mol. The van der Waals surface area contributed by atoms with Gasteiger partial charge in [0.25, 0.3) is 0 Å². The zero-order chi connectivity index (χ0) is 10.8. The van der Waals surface area contributed by atoms with Crippen molar-refractivity contribution >= 4 is 51.0 Å². The molecular formula is C12H11Br2NS. The Morgan fingerprint density at radius 2 is 1.56 bits per heavy atom. The Bertz CT molecular complexity index is 500. The molecule has 0 heterocycles. The van der Waals surface area contributed by atoms with Gasteiger partial charge in [0.2, 0.25) is 0 Å². The molecule has 0 unspecified atom stereocenters. The molecule has 0 amide bonds. The van der Waals surface area contributed by atoms with Crippen molar-refractivity contribution in [1.82, 2.24) is 0 Å². The second-order valence-corrected chi connectivity index (χ2v) is 4.98. The van der Waals surface area contributed by atoms with Gasteiger partial charge >= 0.3 is 0 Å². The molecule has 0 spiro atoms. The van der Waals surface area contributed by atoms with Crippen LogP contribution in [0.25, 0.3) is 11.1 Å². The fourth-order valence-corrected chi connectivity index (χ4v) is 2.34. The van der Waals surface area contributed by atoms with Crippen molar-refractivity contribution in [3.63, 3.8) is 0 Å². The van der Waals surface area contributed by atoms with Crippen LogP contribution in [-0.4, -0.2) is 0 Å². The molecule has 0 radical (unpaired) electrons. The Morgan fingerprint density at radius 3 is 2.19 bits per heavy atom. The van der Waals surface area contributed by atoms with E-state index in [1.807, 2.05) is 42.5 Å². The zero-order valence-electron chi connectivity index (χ0n) is 8.37. The second kappa shape index (κ2) is 5.75. The van der Waals surface area contributed by atoms with Crippen LogP contribution < -0.4 is 5.73 Å². The summed E-state index contributed by atoms with van der Waals surface area (Å²) in [7, 11) is 0. The first kappa shape index (κ1) is 13.6. The molecule has 0 aliphatic carbocycles. The predicted octanol–water partition coefficient (Wildman–Crippen LogP) is 4.57. The van der Waals surface area contributed by atoms with Crippen LogP contribution in [-0.2, 0) is 0 Å². The number of rotatable bonds is 1. The summed E-state index contributed by atoms with van der Waals surface area (Å²) in [5.74, 6) is 0. The fraction of sp³-hybridized carbons (Fsp3) is 0. The number of anilines is 1. The third kappa shape index (κ3) is 2.81. The number of hydrogen-bond acceptors (Lipinski definition) is 1. The first-order valence-electron chi connectivity index (χ1n) is 4.48. The normalized spacial score (nSPS) is 9.62. The molecule has 84 valence electrons. The Hall–Kier alpha value is -0.450. The van der Waals surface area contributed by atoms with Gasteiger partial charge in [-0.1, -0.05) is 56.1 Å². The molecule has 0 aromatic heterocycles. The highest BCUT2D eigenvalue weighted by atomic mass is 79.9. The summed E-state index contributed by atoms with van der Waals surface area (Å²) < 4.78 is 2.05. The average molecular weight is 361 g/mol. The van der Waals surface area contributed by atoms with Crippen LogP contribution in [0.3, 0.4) is 0 Å². The Balaban J connectivity index is 0.00000128. The van der Waals surface area contributed by atoms with Crippen molar-refractivity contribution in [3.8, 4) is 11.1 Å². The van der Waals surface area contributed by atoms with E-state index in [0.717, 1.165) is 25.8 Å². The summed E-state index contributed by atoms with van der Waals surface area (Å²) in [5, 5.41) is 0. The minimum atomic E-state index is 0. The number of hydrogen-bond donors (Lipinski definition) is 1. The van der Waals surface area contributed by atoms with E-state index in [1.165, 1.54) is 0 Å². The standard InChI is InChI=1S/C12H9Br2N.H2S/c13-8-5-6-10(12(15)7-8)9-3-1-2-4-11(9)14;/h1-7H,15H2;1H2. The third-order valence-electron chi connectivity index (χ3n) is 2.18. The molecule has 0 saturated carbocycles.